The highest BCUT2D eigenvalue weighted by Gasteiger charge is 2.31. The zero-order valence-electron chi connectivity index (χ0n) is 14.9. The van der Waals surface area contributed by atoms with Crippen molar-refractivity contribution in [1.82, 2.24) is 19.4 Å². The Morgan fingerprint density at radius 2 is 1.89 bits per heavy atom. The van der Waals surface area contributed by atoms with Gasteiger partial charge in [-0.25, -0.2) is 8.42 Å². The second kappa shape index (κ2) is 8.70. The molecule has 1 aliphatic heterocycles. The molecule has 0 unspecified atom stereocenters. The molecule has 1 aliphatic rings. The van der Waals surface area contributed by atoms with Gasteiger partial charge >= 0.3 is 0 Å². The summed E-state index contributed by atoms with van der Waals surface area (Å²) in [5, 5.41) is 10.1. The topological polar surface area (TPSA) is 95.5 Å². The molecule has 0 spiro atoms. The number of aromatic nitrogens is 2. The predicted octanol–water partition coefficient (Wildman–Crippen LogP) is 1.52. The van der Waals surface area contributed by atoms with Crippen LogP contribution in [0.15, 0.2) is 40.7 Å². The average molecular weight is 408 g/mol. The average Bonchev–Trinajstić information content (AvgIpc) is 3.12. The number of benzene rings is 1. The van der Waals surface area contributed by atoms with Gasteiger partial charge in [0.1, 0.15) is 0 Å². The molecule has 1 N–H and O–H groups in total. The van der Waals surface area contributed by atoms with Crippen LogP contribution in [0.3, 0.4) is 0 Å². The Balaban J connectivity index is 1.54. The fraction of sp³-hybridized carbons (Fsp3) is 0.353. The Morgan fingerprint density at radius 1 is 1.19 bits per heavy atom. The third-order valence-corrected chi connectivity index (χ3v) is 7.14. The summed E-state index contributed by atoms with van der Waals surface area (Å²) in [5.74, 6) is -0.313. The van der Waals surface area contributed by atoms with Crippen LogP contribution in [-0.4, -0.2) is 66.5 Å². The smallest absolute Gasteiger partial charge is 0.272 e. The molecule has 0 bridgehead atoms. The number of anilines is 1. The quantitative estimate of drug-likeness (QED) is 0.730. The van der Waals surface area contributed by atoms with Crippen LogP contribution in [0.2, 0.25) is 0 Å². The first-order chi connectivity index (χ1) is 12.9. The molecule has 2 heterocycles. The normalized spacial score (nSPS) is 16.6. The number of nitrogens with one attached hydrogen (secondary N) is 1. The van der Waals surface area contributed by atoms with Gasteiger partial charge in [0.05, 0.1) is 0 Å². The first kappa shape index (κ1) is 19.6. The van der Waals surface area contributed by atoms with Crippen molar-refractivity contribution in [2.45, 2.75) is 11.3 Å². The molecule has 0 atom stereocenters. The maximum absolute atomic E-state index is 12.7. The van der Waals surface area contributed by atoms with Gasteiger partial charge in [-0.05, 0) is 5.56 Å². The third kappa shape index (κ3) is 5.19. The number of piperazine rings is 1. The van der Waals surface area contributed by atoms with E-state index in [9.17, 15) is 13.2 Å². The zero-order valence-corrected chi connectivity index (χ0v) is 16.5. The largest absolute Gasteiger partial charge is 0.301 e. The van der Waals surface area contributed by atoms with Crippen molar-refractivity contribution in [3.8, 4) is 0 Å². The van der Waals surface area contributed by atoms with Gasteiger partial charge in [-0.15, -0.1) is 10.2 Å². The van der Waals surface area contributed by atoms with Crippen LogP contribution >= 0.6 is 11.3 Å². The molecular weight excluding hydrogens is 386 g/mol. The fourth-order valence-electron chi connectivity index (χ4n) is 2.68. The fourth-order valence-corrected chi connectivity index (χ4v) is 5.19. The van der Waals surface area contributed by atoms with E-state index >= 15 is 0 Å². The van der Waals surface area contributed by atoms with Crippen molar-refractivity contribution in [3.63, 3.8) is 0 Å². The minimum absolute atomic E-state index is 0.0938. The molecule has 144 valence electrons. The second-order valence-electron chi connectivity index (χ2n) is 6.07. The Labute approximate surface area is 162 Å². The number of carbonyl (C=O) groups is 1. The summed E-state index contributed by atoms with van der Waals surface area (Å²) in [6.45, 7) is 4.20. The van der Waals surface area contributed by atoms with E-state index in [2.05, 4.69) is 32.6 Å². The van der Waals surface area contributed by atoms with Gasteiger partial charge in [-0.1, -0.05) is 53.8 Å². The Morgan fingerprint density at radius 3 is 2.56 bits per heavy atom. The summed E-state index contributed by atoms with van der Waals surface area (Å²) in [5.41, 5.74) is 1.14. The molecule has 1 aromatic heterocycles. The highest BCUT2D eigenvalue weighted by Crippen LogP contribution is 2.24. The number of amides is 1. The van der Waals surface area contributed by atoms with Crippen molar-refractivity contribution >= 4 is 38.5 Å². The van der Waals surface area contributed by atoms with Gasteiger partial charge < -0.3 is 5.32 Å². The van der Waals surface area contributed by atoms with Gasteiger partial charge in [-0.2, -0.15) is 4.31 Å². The SMILES string of the molecule is CC(=O)Nc1nnc(S(=O)(=O)N2CCN(C/C=C/c3ccccc3)CC2)s1. The number of carbonyl (C=O) groups excluding carboxylic acids is 1. The first-order valence-electron chi connectivity index (χ1n) is 8.50. The molecule has 1 saturated heterocycles. The molecule has 10 heteroatoms. The minimum atomic E-state index is -3.68. The van der Waals surface area contributed by atoms with Gasteiger partial charge in [0, 0.05) is 39.6 Å². The molecule has 1 amide bonds. The van der Waals surface area contributed by atoms with Crippen molar-refractivity contribution in [3.05, 3.63) is 42.0 Å². The summed E-state index contributed by atoms with van der Waals surface area (Å²) in [7, 11) is -3.68. The van der Waals surface area contributed by atoms with Crippen LogP contribution in [0.25, 0.3) is 6.08 Å². The highest BCUT2D eigenvalue weighted by atomic mass is 32.2. The van der Waals surface area contributed by atoms with E-state index in [0.29, 0.717) is 26.2 Å². The van der Waals surface area contributed by atoms with Crippen LogP contribution in [0.4, 0.5) is 5.13 Å². The molecule has 0 saturated carbocycles. The van der Waals surface area contributed by atoms with Gasteiger partial charge in [0.15, 0.2) is 0 Å². The number of nitrogens with zero attached hydrogens (tertiary/aromatic N) is 4. The number of hydrogen-bond donors (Lipinski definition) is 1. The van der Waals surface area contributed by atoms with Crippen molar-refractivity contribution < 1.29 is 13.2 Å². The van der Waals surface area contributed by atoms with Crippen LogP contribution in [-0.2, 0) is 14.8 Å². The van der Waals surface area contributed by atoms with Crippen LogP contribution in [0, 0.1) is 0 Å². The maximum Gasteiger partial charge on any atom is 0.272 e. The molecule has 3 rings (SSSR count). The first-order valence-corrected chi connectivity index (χ1v) is 10.8. The summed E-state index contributed by atoms with van der Waals surface area (Å²) >= 11 is 0.866. The van der Waals surface area contributed by atoms with Crippen molar-refractivity contribution in [2.75, 3.05) is 38.0 Å². The third-order valence-electron chi connectivity index (χ3n) is 4.05. The van der Waals surface area contributed by atoms with Crippen molar-refractivity contribution in [2.24, 2.45) is 0 Å². The molecule has 0 radical (unpaired) electrons. The maximum atomic E-state index is 12.7. The van der Waals surface area contributed by atoms with E-state index in [1.165, 1.54) is 11.2 Å². The summed E-state index contributed by atoms with van der Waals surface area (Å²) in [6, 6.07) is 10.0. The zero-order chi connectivity index (χ0) is 19.3. The van der Waals surface area contributed by atoms with Crippen molar-refractivity contribution in [1.29, 1.82) is 0 Å². The van der Waals surface area contributed by atoms with Gasteiger partial charge in [-0.3, -0.25) is 9.69 Å². The van der Waals surface area contributed by atoms with E-state index < -0.39 is 10.0 Å². The standard InChI is InChI=1S/C17H21N5O3S2/c1-14(23)18-16-19-20-17(26-16)27(24,25)22-12-10-21(11-13-22)9-5-8-15-6-3-2-4-7-15/h2-8H,9-13H2,1H3,(H,18,19,23)/b8-5+. The number of hydrogen-bond acceptors (Lipinski definition) is 7. The lowest BCUT2D eigenvalue weighted by Gasteiger charge is -2.32. The van der Waals surface area contributed by atoms with E-state index in [0.717, 1.165) is 23.4 Å². The van der Waals surface area contributed by atoms with Gasteiger partial charge in [0.25, 0.3) is 10.0 Å². The van der Waals surface area contributed by atoms with Gasteiger partial charge in [0.2, 0.25) is 15.4 Å². The Kier molecular flexibility index (Phi) is 6.32. The molecular formula is C17H21N5O3S2. The minimum Gasteiger partial charge on any atom is -0.301 e. The molecule has 8 nitrogen and oxygen atoms in total. The summed E-state index contributed by atoms with van der Waals surface area (Å²) in [6.07, 6.45) is 4.15. The van der Waals surface area contributed by atoms with Crippen LogP contribution < -0.4 is 5.32 Å². The molecule has 2 aromatic rings. The van der Waals surface area contributed by atoms with Crippen LogP contribution in [0.1, 0.15) is 12.5 Å². The number of sulfonamides is 1. The predicted molar refractivity (Wildman–Crippen MR) is 105 cm³/mol. The molecule has 27 heavy (non-hydrogen) atoms. The second-order valence-corrected chi connectivity index (χ2v) is 9.16. The summed E-state index contributed by atoms with van der Waals surface area (Å²) < 4.78 is 26.7. The lowest BCUT2D eigenvalue weighted by atomic mass is 10.2. The lowest BCUT2D eigenvalue weighted by molar-refractivity contribution is -0.114. The molecule has 1 fully saturated rings. The van der Waals surface area contributed by atoms with Crippen LogP contribution in [0.5, 0.6) is 0 Å². The molecule has 1 aromatic carbocycles. The number of rotatable bonds is 6. The van der Waals surface area contributed by atoms with E-state index in [-0.39, 0.29) is 15.4 Å². The Bertz CT molecular complexity index is 904. The summed E-state index contributed by atoms with van der Waals surface area (Å²) in [4.78, 5) is 13.2. The Hall–Kier alpha value is -2.14. The van der Waals surface area contributed by atoms with E-state index in [4.69, 9.17) is 0 Å². The van der Waals surface area contributed by atoms with E-state index in [1.807, 2.05) is 30.3 Å². The van der Waals surface area contributed by atoms with E-state index in [1.54, 1.807) is 0 Å². The monoisotopic (exact) mass is 407 g/mol. The lowest BCUT2D eigenvalue weighted by Crippen LogP contribution is -2.48. The highest BCUT2D eigenvalue weighted by molar-refractivity contribution is 7.91. The molecule has 0 aliphatic carbocycles.